The minimum absolute atomic E-state index is 0.103. The second kappa shape index (κ2) is 6.78. The van der Waals surface area contributed by atoms with E-state index in [1.165, 1.54) is 10.8 Å². The number of aromatic nitrogens is 1. The molecule has 0 aliphatic heterocycles. The van der Waals surface area contributed by atoms with Crippen LogP contribution in [0, 0.1) is 10.1 Å². The number of hydrogen-bond acceptors (Lipinski definition) is 5. The van der Waals surface area contributed by atoms with Crippen LogP contribution in [-0.2, 0) is 6.54 Å². The highest BCUT2D eigenvalue weighted by Crippen LogP contribution is 2.11. The number of nitrogens with zero attached hydrogens (tertiary/aromatic N) is 2. The summed E-state index contributed by atoms with van der Waals surface area (Å²) < 4.78 is 1.53. The number of nitro groups is 1. The number of aliphatic hydroxyl groups is 1. The van der Waals surface area contributed by atoms with Crippen LogP contribution in [0.25, 0.3) is 0 Å². The van der Waals surface area contributed by atoms with Crippen molar-refractivity contribution in [3.63, 3.8) is 0 Å². The van der Waals surface area contributed by atoms with Crippen LogP contribution < -0.4 is 10.7 Å². The third-order valence-corrected chi connectivity index (χ3v) is 2.96. The Morgan fingerprint density at radius 2 is 2.16 bits per heavy atom. The second-order valence-corrected chi connectivity index (χ2v) is 5.35. The van der Waals surface area contributed by atoms with Gasteiger partial charge in [-0.3, -0.25) is 14.9 Å². The smallest absolute Gasteiger partial charge is 0.333 e. The fraction of sp³-hybridized carbons (Fsp3) is 0.545. The van der Waals surface area contributed by atoms with E-state index in [0.29, 0.717) is 6.54 Å². The fourth-order valence-corrected chi connectivity index (χ4v) is 1.96. The van der Waals surface area contributed by atoms with Gasteiger partial charge in [0, 0.05) is 25.3 Å². The number of hydrogen-bond donors (Lipinski definition) is 2. The van der Waals surface area contributed by atoms with Gasteiger partial charge < -0.3 is 15.0 Å². The van der Waals surface area contributed by atoms with Gasteiger partial charge >= 0.3 is 5.69 Å². The van der Waals surface area contributed by atoms with Crippen LogP contribution in [0.2, 0.25) is 0 Å². The molecule has 0 bridgehead atoms. The monoisotopic (exact) mass is 333 g/mol. The van der Waals surface area contributed by atoms with Crippen molar-refractivity contribution in [2.24, 2.45) is 0 Å². The van der Waals surface area contributed by atoms with E-state index in [4.69, 9.17) is 0 Å². The van der Waals surface area contributed by atoms with Gasteiger partial charge in [-0.1, -0.05) is 13.8 Å². The lowest BCUT2D eigenvalue weighted by Gasteiger charge is -2.15. The molecule has 0 aliphatic carbocycles. The normalized spacial score (nSPS) is 12.7. The molecule has 1 heterocycles. The maximum atomic E-state index is 11.5. The second-order valence-electron chi connectivity index (χ2n) is 4.49. The van der Waals surface area contributed by atoms with Crippen molar-refractivity contribution in [3.8, 4) is 0 Å². The first-order valence-electron chi connectivity index (χ1n) is 5.76. The van der Waals surface area contributed by atoms with Crippen LogP contribution in [0.5, 0.6) is 0 Å². The van der Waals surface area contributed by atoms with Crippen LogP contribution in [-0.4, -0.2) is 33.3 Å². The van der Waals surface area contributed by atoms with Gasteiger partial charge in [-0.15, -0.1) is 0 Å². The summed E-state index contributed by atoms with van der Waals surface area (Å²) in [6, 6.07) is 0.241. The molecule has 1 aromatic rings. The Kier molecular flexibility index (Phi) is 5.64. The molecule has 1 aromatic heterocycles. The van der Waals surface area contributed by atoms with Crippen LogP contribution in [0.3, 0.4) is 0 Å². The Hall–Kier alpha value is -1.25. The molecule has 1 atom stereocenters. The van der Waals surface area contributed by atoms with E-state index in [2.05, 4.69) is 21.2 Å². The summed E-state index contributed by atoms with van der Waals surface area (Å²) in [7, 11) is 0. The van der Waals surface area contributed by atoms with Crippen LogP contribution >= 0.6 is 15.9 Å². The van der Waals surface area contributed by atoms with Gasteiger partial charge in [0.15, 0.2) is 0 Å². The van der Waals surface area contributed by atoms with Gasteiger partial charge in [0.2, 0.25) is 0 Å². The topological polar surface area (TPSA) is 97.4 Å². The van der Waals surface area contributed by atoms with Gasteiger partial charge in [0.05, 0.1) is 21.7 Å². The molecule has 0 saturated carbocycles. The Morgan fingerprint density at radius 3 is 2.68 bits per heavy atom. The number of pyridine rings is 1. The predicted molar refractivity (Wildman–Crippen MR) is 74.2 cm³/mol. The van der Waals surface area contributed by atoms with Crippen molar-refractivity contribution >= 4 is 21.6 Å². The summed E-state index contributed by atoms with van der Waals surface area (Å²) >= 11 is 2.98. The molecule has 0 aliphatic rings. The molecule has 0 spiro atoms. The zero-order chi connectivity index (χ0) is 14.6. The summed E-state index contributed by atoms with van der Waals surface area (Å²) in [5.41, 5.74) is -1.19. The van der Waals surface area contributed by atoms with E-state index >= 15 is 0 Å². The molecule has 19 heavy (non-hydrogen) atoms. The molecule has 2 N–H and O–H groups in total. The van der Waals surface area contributed by atoms with E-state index in [9.17, 15) is 20.0 Å². The molecule has 8 heteroatoms. The number of rotatable bonds is 6. The summed E-state index contributed by atoms with van der Waals surface area (Å²) in [5.74, 6) is 0. The van der Waals surface area contributed by atoms with Crippen LogP contribution in [0.15, 0.2) is 21.7 Å². The largest absolute Gasteiger partial charge is 0.390 e. The first kappa shape index (κ1) is 15.8. The van der Waals surface area contributed by atoms with Crippen molar-refractivity contribution in [3.05, 3.63) is 37.2 Å². The highest BCUT2D eigenvalue weighted by molar-refractivity contribution is 9.10. The quantitative estimate of drug-likeness (QED) is 0.594. The lowest BCUT2D eigenvalue weighted by Crippen LogP contribution is -2.34. The molecule has 1 rings (SSSR count). The molecule has 7 nitrogen and oxygen atoms in total. The standard InChI is InChI=1S/C11H16BrN3O4/c1-7(2)13-3-8(16)4-14-5-9(12)11(17)10(6-14)15(18)19/h5-8,13,16H,3-4H2,1-2H3. The summed E-state index contributed by atoms with van der Waals surface area (Å²) in [5, 5.41) is 23.6. The van der Waals surface area contributed by atoms with Gasteiger partial charge in [-0.25, -0.2) is 0 Å². The van der Waals surface area contributed by atoms with Crippen LogP contribution in [0.1, 0.15) is 13.8 Å². The number of nitrogens with one attached hydrogen (secondary N) is 1. The maximum Gasteiger partial charge on any atom is 0.333 e. The number of halogens is 1. The zero-order valence-corrected chi connectivity index (χ0v) is 12.3. The van der Waals surface area contributed by atoms with E-state index in [-0.39, 0.29) is 17.1 Å². The fourth-order valence-electron chi connectivity index (χ4n) is 1.49. The third kappa shape index (κ3) is 4.73. The average Bonchev–Trinajstić information content (AvgIpc) is 2.30. The Morgan fingerprint density at radius 1 is 1.53 bits per heavy atom. The predicted octanol–water partition coefficient (Wildman–Crippen LogP) is 0.878. The lowest BCUT2D eigenvalue weighted by molar-refractivity contribution is -0.386. The van der Waals surface area contributed by atoms with Crippen molar-refractivity contribution in [1.82, 2.24) is 9.88 Å². The van der Waals surface area contributed by atoms with Gasteiger partial charge in [-0.05, 0) is 15.9 Å². The molecular weight excluding hydrogens is 318 g/mol. The van der Waals surface area contributed by atoms with Gasteiger partial charge in [0.1, 0.15) is 0 Å². The first-order chi connectivity index (χ1) is 8.81. The highest BCUT2D eigenvalue weighted by atomic mass is 79.9. The molecule has 106 valence electrons. The molecule has 0 saturated heterocycles. The molecule has 0 amide bonds. The van der Waals surface area contributed by atoms with Crippen molar-refractivity contribution in [2.45, 2.75) is 32.5 Å². The Balaban J connectivity index is 2.85. The maximum absolute atomic E-state index is 11.5. The first-order valence-corrected chi connectivity index (χ1v) is 6.56. The molecule has 1 unspecified atom stereocenters. The number of aliphatic hydroxyl groups excluding tert-OH is 1. The van der Waals surface area contributed by atoms with E-state index in [1.807, 2.05) is 13.8 Å². The summed E-state index contributed by atoms with van der Waals surface area (Å²) in [4.78, 5) is 21.5. The summed E-state index contributed by atoms with van der Waals surface area (Å²) in [6.45, 7) is 4.44. The SMILES string of the molecule is CC(C)NCC(O)Cn1cc(Br)c(=O)c([N+](=O)[O-])c1. The highest BCUT2D eigenvalue weighted by Gasteiger charge is 2.17. The van der Waals surface area contributed by atoms with Crippen molar-refractivity contribution in [2.75, 3.05) is 6.54 Å². The average molecular weight is 334 g/mol. The van der Waals surface area contributed by atoms with E-state index in [0.717, 1.165) is 6.20 Å². The van der Waals surface area contributed by atoms with E-state index in [1.54, 1.807) is 0 Å². The van der Waals surface area contributed by atoms with E-state index < -0.39 is 22.1 Å². The van der Waals surface area contributed by atoms with Crippen molar-refractivity contribution in [1.29, 1.82) is 0 Å². The zero-order valence-electron chi connectivity index (χ0n) is 10.7. The molecule has 0 fully saturated rings. The Labute approximate surface area is 118 Å². The lowest BCUT2D eigenvalue weighted by atomic mass is 10.3. The Bertz CT molecular complexity index is 515. The molecule has 0 aromatic carbocycles. The van der Waals surface area contributed by atoms with Crippen molar-refractivity contribution < 1.29 is 10.0 Å². The third-order valence-electron chi connectivity index (χ3n) is 2.40. The minimum atomic E-state index is -0.734. The van der Waals surface area contributed by atoms with Crippen LogP contribution in [0.4, 0.5) is 5.69 Å². The molecular formula is C11H16BrN3O4. The van der Waals surface area contributed by atoms with Gasteiger partial charge in [0.25, 0.3) is 5.43 Å². The summed E-state index contributed by atoms with van der Waals surface area (Å²) in [6.07, 6.45) is 1.86. The van der Waals surface area contributed by atoms with Gasteiger partial charge in [-0.2, -0.15) is 0 Å². The molecule has 0 radical (unpaired) electrons. The minimum Gasteiger partial charge on any atom is -0.390 e.